The summed E-state index contributed by atoms with van der Waals surface area (Å²) < 4.78 is 18.6. The van der Waals surface area contributed by atoms with Crippen LogP contribution in [0, 0.1) is 5.82 Å². The van der Waals surface area contributed by atoms with Crippen molar-refractivity contribution in [2.45, 2.75) is 13.2 Å². The summed E-state index contributed by atoms with van der Waals surface area (Å²) in [5.41, 5.74) is 1.94. The molecule has 0 saturated heterocycles. The van der Waals surface area contributed by atoms with Gasteiger partial charge in [-0.1, -0.05) is 60.7 Å². The number of hydrogen-bond donors (Lipinski definition) is 0. The second-order valence-electron chi connectivity index (χ2n) is 6.42. The van der Waals surface area contributed by atoms with Crippen molar-refractivity contribution >= 4 is 12.0 Å². The molecule has 6 heteroatoms. The lowest BCUT2D eigenvalue weighted by Crippen LogP contribution is -2.47. The highest BCUT2D eigenvalue weighted by Crippen LogP contribution is 2.14. The third-order valence-corrected chi connectivity index (χ3v) is 4.34. The molecule has 148 valence electrons. The number of hydrogen-bond acceptors (Lipinski definition) is 3. The predicted octanol–water partition coefficient (Wildman–Crippen LogP) is 4.65. The van der Waals surface area contributed by atoms with Crippen LogP contribution in [0.5, 0.6) is 0 Å². The molecule has 0 heterocycles. The van der Waals surface area contributed by atoms with E-state index in [0.29, 0.717) is 0 Å². The van der Waals surface area contributed by atoms with Crippen molar-refractivity contribution in [2.75, 3.05) is 7.05 Å². The monoisotopic (exact) mass is 392 g/mol. The van der Waals surface area contributed by atoms with Gasteiger partial charge in [0.05, 0.1) is 6.54 Å². The van der Waals surface area contributed by atoms with Crippen LogP contribution in [-0.4, -0.2) is 29.1 Å². The third-order valence-electron chi connectivity index (χ3n) is 4.34. The fraction of sp³-hybridized carbons (Fsp3) is 0.130. The maximum Gasteiger partial charge on any atom is 0.429 e. The molecule has 0 radical (unpaired) electrons. The molecule has 0 bridgehead atoms. The van der Waals surface area contributed by atoms with Crippen LogP contribution < -0.4 is 0 Å². The lowest BCUT2D eigenvalue weighted by atomic mass is 10.2. The Morgan fingerprint density at radius 3 is 1.97 bits per heavy atom. The number of ether oxygens (including phenoxy) is 1. The molecule has 0 aromatic heterocycles. The van der Waals surface area contributed by atoms with E-state index >= 15 is 0 Å². The minimum Gasteiger partial charge on any atom is -0.443 e. The summed E-state index contributed by atoms with van der Waals surface area (Å²) in [5.74, 6) is -0.884. The summed E-state index contributed by atoms with van der Waals surface area (Å²) in [6.07, 6.45) is -0.657. The van der Waals surface area contributed by atoms with Crippen LogP contribution in [-0.2, 0) is 17.9 Å². The molecule has 0 aliphatic heterocycles. The summed E-state index contributed by atoms with van der Waals surface area (Å²) in [7, 11) is 1.48. The summed E-state index contributed by atoms with van der Waals surface area (Å²) in [6.45, 7) is 0.238. The number of halogens is 1. The minimum absolute atomic E-state index is 0.0868. The highest BCUT2D eigenvalue weighted by molar-refractivity contribution is 5.94. The molecule has 5 nitrogen and oxygen atoms in total. The highest BCUT2D eigenvalue weighted by atomic mass is 19.1. The van der Waals surface area contributed by atoms with Gasteiger partial charge in [0.1, 0.15) is 12.4 Å². The highest BCUT2D eigenvalue weighted by Gasteiger charge is 2.25. The van der Waals surface area contributed by atoms with E-state index in [2.05, 4.69) is 0 Å². The first-order valence-corrected chi connectivity index (χ1v) is 9.10. The van der Waals surface area contributed by atoms with Crippen molar-refractivity contribution < 1.29 is 18.7 Å². The normalized spacial score (nSPS) is 10.3. The van der Waals surface area contributed by atoms with E-state index in [-0.39, 0.29) is 18.7 Å². The van der Waals surface area contributed by atoms with Gasteiger partial charge in [0, 0.05) is 12.6 Å². The molecule has 29 heavy (non-hydrogen) atoms. The fourth-order valence-corrected chi connectivity index (χ4v) is 2.73. The first-order valence-electron chi connectivity index (χ1n) is 9.10. The summed E-state index contributed by atoms with van der Waals surface area (Å²) in [4.78, 5) is 25.6. The molecule has 0 saturated carbocycles. The van der Waals surface area contributed by atoms with Crippen LogP contribution in [0.25, 0.3) is 0 Å². The quantitative estimate of drug-likeness (QED) is 0.594. The van der Waals surface area contributed by atoms with E-state index in [1.165, 1.54) is 41.3 Å². The standard InChI is InChI=1S/C23H21FN2O3/c1-25(22(27)20-12-14-21(24)15-13-20)26(16-18-8-4-2-5-9-18)23(28)29-17-19-10-6-3-7-11-19/h2-15H,16-17H2,1H3. The van der Waals surface area contributed by atoms with E-state index in [9.17, 15) is 14.0 Å². The number of nitrogens with zero attached hydrogens (tertiary/aromatic N) is 2. The molecule has 2 amide bonds. The van der Waals surface area contributed by atoms with Gasteiger partial charge in [0.15, 0.2) is 0 Å². The molecule has 0 aliphatic rings. The van der Waals surface area contributed by atoms with Crippen molar-refractivity contribution in [1.29, 1.82) is 0 Å². The predicted molar refractivity (Wildman–Crippen MR) is 107 cm³/mol. The zero-order chi connectivity index (χ0) is 20.6. The van der Waals surface area contributed by atoms with Gasteiger partial charge in [0.2, 0.25) is 0 Å². The Hall–Kier alpha value is -3.67. The summed E-state index contributed by atoms with van der Waals surface area (Å²) in [6, 6.07) is 23.7. The Balaban J connectivity index is 1.78. The van der Waals surface area contributed by atoms with Gasteiger partial charge in [0.25, 0.3) is 5.91 Å². The molecular weight excluding hydrogens is 371 g/mol. The number of benzene rings is 3. The largest absolute Gasteiger partial charge is 0.443 e. The second-order valence-corrected chi connectivity index (χ2v) is 6.42. The molecule has 0 atom stereocenters. The summed E-state index contributed by atoms with van der Waals surface area (Å²) in [5, 5.41) is 2.41. The van der Waals surface area contributed by atoms with Crippen molar-refractivity contribution in [3.05, 3.63) is 107 Å². The Morgan fingerprint density at radius 1 is 0.828 bits per heavy atom. The molecule has 0 N–H and O–H groups in total. The zero-order valence-electron chi connectivity index (χ0n) is 16.0. The second kappa shape index (κ2) is 9.50. The lowest BCUT2D eigenvalue weighted by molar-refractivity contribution is -0.00613. The molecule has 3 aromatic rings. The molecule has 0 fully saturated rings. The van der Waals surface area contributed by atoms with Crippen LogP contribution in [0.4, 0.5) is 9.18 Å². The first-order chi connectivity index (χ1) is 14.0. The van der Waals surface area contributed by atoms with Gasteiger partial charge < -0.3 is 4.74 Å². The van der Waals surface area contributed by atoms with Crippen molar-refractivity contribution in [3.63, 3.8) is 0 Å². The maximum atomic E-state index is 13.2. The number of amides is 2. The van der Waals surface area contributed by atoms with Gasteiger partial charge in [-0.15, -0.1) is 0 Å². The number of hydrazine groups is 1. The Bertz CT molecular complexity index is 947. The summed E-state index contributed by atoms with van der Waals surface area (Å²) >= 11 is 0. The van der Waals surface area contributed by atoms with E-state index in [1.807, 2.05) is 60.7 Å². The van der Waals surface area contributed by atoms with Crippen molar-refractivity contribution in [1.82, 2.24) is 10.0 Å². The molecule has 3 rings (SSSR count). The fourth-order valence-electron chi connectivity index (χ4n) is 2.73. The van der Waals surface area contributed by atoms with Crippen LogP contribution in [0.3, 0.4) is 0 Å². The number of rotatable bonds is 5. The third kappa shape index (κ3) is 5.42. The molecule has 0 spiro atoms. The Labute approximate surface area is 168 Å². The Kier molecular flexibility index (Phi) is 6.58. The van der Waals surface area contributed by atoms with Crippen LogP contribution >= 0.6 is 0 Å². The van der Waals surface area contributed by atoms with Gasteiger partial charge in [-0.25, -0.2) is 19.2 Å². The average Bonchev–Trinajstić information content (AvgIpc) is 2.77. The van der Waals surface area contributed by atoms with Crippen molar-refractivity contribution in [3.8, 4) is 0 Å². The topological polar surface area (TPSA) is 49.9 Å². The SMILES string of the molecule is CN(C(=O)c1ccc(F)cc1)N(Cc1ccccc1)C(=O)OCc1ccccc1. The average molecular weight is 392 g/mol. The van der Waals surface area contributed by atoms with Crippen LogP contribution in [0.15, 0.2) is 84.9 Å². The van der Waals surface area contributed by atoms with Crippen LogP contribution in [0.1, 0.15) is 21.5 Å². The van der Waals surface area contributed by atoms with E-state index in [4.69, 9.17) is 4.74 Å². The molecule has 3 aromatic carbocycles. The maximum absolute atomic E-state index is 13.2. The van der Waals surface area contributed by atoms with E-state index in [0.717, 1.165) is 11.1 Å². The van der Waals surface area contributed by atoms with Crippen molar-refractivity contribution in [2.24, 2.45) is 0 Å². The van der Waals surface area contributed by atoms with E-state index in [1.54, 1.807) is 0 Å². The number of carbonyl (C=O) groups is 2. The zero-order valence-corrected chi connectivity index (χ0v) is 16.0. The van der Waals surface area contributed by atoms with Crippen LogP contribution in [0.2, 0.25) is 0 Å². The van der Waals surface area contributed by atoms with Gasteiger partial charge in [-0.2, -0.15) is 0 Å². The Morgan fingerprint density at radius 2 is 1.38 bits per heavy atom. The molecule has 0 unspecified atom stereocenters. The van der Waals surface area contributed by atoms with Gasteiger partial charge >= 0.3 is 6.09 Å². The van der Waals surface area contributed by atoms with E-state index < -0.39 is 17.8 Å². The van der Waals surface area contributed by atoms with Gasteiger partial charge in [-0.05, 0) is 35.4 Å². The van der Waals surface area contributed by atoms with Gasteiger partial charge in [-0.3, -0.25) is 4.79 Å². The number of carbonyl (C=O) groups excluding carboxylic acids is 2. The smallest absolute Gasteiger partial charge is 0.429 e. The first kappa shape index (κ1) is 20.1. The lowest BCUT2D eigenvalue weighted by Gasteiger charge is -2.31. The minimum atomic E-state index is -0.657. The molecule has 0 aliphatic carbocycles. The molecular formula is C23H21FN2O3.